The van der Waals surface area contributed by atoms with Crippen LogP contribution in [-0.4, -0.2) is 11.6 Å². The minimum atomic E-state index is -0.582. The van der Waals surface area contributed by atoms with E-state index in [1.165, 1.54) is 0 Å². The third-order valence-electron chi connectivity index (χ3n) is 1.28. The molecule has 0 aliphatic carbocycles. The number of nitrogens with zero attached hydrogens (tertiary/aromatic N) is 1. The molecule has 3 nitrogen and oxygen atoms in total. The monoisotopic (exact) mass is 129 g/mol. The Balaban J connectivity index is 3.71. The van der Waals surface area contributed by atoms with E-state index in [2.05, 4.69) is 5.32 Å². The second-order valence-electron chi connectivity index (χ2n) is 2.62. The average molecular weight is 129 g/mol. The first-order valence-corrected chi connectivity index (χ1v) is 3.00. The van der Waals surface area contributed by atoms with E-state index in [-0.39, 0.29) is 5.54 Å². The van der Waals surface area contributed by atoms with Gasteiger partial charge in [0.2, 0.25) is 0 Å². The number of hydrogen-bond acceptors (Lipinski definition) is 1. The molecule has 0 aromatic carbocycles. The minimum Gasteiger partial charge on any atom is -0.350 e. The van der Waals surface area contributed by atoms with E-state index in [4.69, 9.17) is 5.73 Å². The molecule has 0 aliphatic heterocycles. The van der Waals surface area contributed by atoms with Crippen molar-refractivity contribution in [1.82, 2.24) is 5.32 Å². The molecule has 0 saturated heterocycles. The summed E-state index contributed by atoms with van der Waals surface area (Å²) in [6.45, 7) is 5.71. The molecule has 0 rings (SSSR count). The quantitative estimate of drug-likeness (QED) is 0.590. The van der Waals surface area contributed by atoms with Gasteiger partial charge in [-0.2, -0.15) is 0 Å². The fourth-order valence-electron chi connectivity index (χ4n) is 0.377. The van der Waals surface area contributed by atoms with Crippen LogP contribution in [0.2, 0.25) is 0 Å². The molecule has 0 unspecified atom stereocenters. The maximum Gasteiger partial charge on any atom is 0.334 e. The molecule has 3 heteroatoms. The molecular weight excluding hydrogens is 116 g/mol. The Hall–Kier alpha value is -0.730. The molecule has 0 aromatic heterocycles. The van der Waals surface area contributed by atoms with Crippen molar-refractivity contribution in [2.45, 2.75) is 32.7 Å². The summed E-state index contributed by atoms with van der Waals surface area (Å²) < 4.78 is 0. The van der Waals surface area contributed by atoms with Gasteiger partial charge in [-0.1, -0.05) is 6.92 Å². The van der Waals surface area contributed by atoms with Crippen molar-refractivity contribution >= 4 is 6.03 Å². The van der Waals surface area contributed by atoms with Crippen molar-refractivity contribution in [3.8, 4) is 0 Å². The topological polar surface area (TPSA) is 57.2 Å². The Bertz CT molecular complexity index is 110. The SMILES string of the molecule is CCC(C)(C)[N]C(N)=O. The van der Waals surface area contributed by atoms with Crippen LogP contribution in [0.15, 0.2) is 0 Å². The molecule has 0 saturated carbocycles. The van der Waals surface area contributed by atoms with Gasteiger partial charge in [-0.3, -0.25) is 0 Å². The molecule has 9 heavy (non-hydrogen) atoms. The number of amides is 2. The number of nitrogens with two attached hydrogens (primary N) is 1. The van der Waals surface area contributed by atoms with Crippen LogP contribution in [0.1, 0.15) is 27.2 Å². The Labute approximate surface area is 55.6 Å². The summed E-state index contributed by atoms with van der Waals surface area (Å²) in [4.78, 5) is 10.2. The molecule has 1 radical (unpaired) electrons. The van der Waals surface area contributed by atoms with Crippen LogP contribution >= 0.6 is 0 Å². The van der Waals surface area contributed by atoms with Gasteiger partial charge in [0, 0.05) is 0 Å². The second-order valence-corrected chi connectivity index (χ2v) is 2.62. The van der Waals surface area contributed by atoms with Crippen molar-refractivity contribution < 1.29 is 4.79 Å². The van der Waals surface area contributed by atoms with Crippen molar-refractivity contribution in [2.75, 3.05) is 0 Å². The normalized spacial score (nSPS) is 11.0. The van der Waals surface area contributed by atoms with Crippen LogP contribution < -0.4 is 11.1 Å². The van der Waals surface area contributed by atoms with Gasteiger partial charge < -0.3 is 5.73 Å². The van der Waals surface area contributed by atoms with E-state index in [1.54, 1.807) is 0 Å². The summed E-state index contributed by atoms with van der Waals surface area (Å²) in [5.74, 6) is 0. The molecule has 0 spiro atoms. The number of primary amides is 1. The molecule has 53 valence electrons. The second kappa shape index (κ2) is 2.71. The van der Waals surface area contributed by atoms with Crippen LogP contribution in [0.4, 0.5) is 4.79 Å². The standard InChI is InChI=1S/C6H13N2O/c1-4-6(2,3)8-5(7)9/h4H2,1-3H3,(H2,7,9). The number of carbonyl (C=O) groups excluding carboxylic acids is 1. The molecule has 2 amide bonds. The zero-order valence-electron chi connectivity index (χ0n) is 6.14. The number of urea groups is 1. The first-order chi connectivity index (χ1) is 3.98. The number of carbonyl (C=O) groups is 1. The van der Waals surface area contributed by atoms with Crippen molar-refractivity contribution in [2.24, 2.45) is 5.73 Å². The van der Waals surface area contributed by atoms with Crippen LogP contribution in [0.3, 0.4) is 0 Å². The van der Waals surface area contributed by atoms with Crippen molar-refractivity contribution in [3.05, 3.63) is 0 Å². The highest BCUT2D eigenvalue weighted by atomic mass is 16.2. The maximum absolute atomic E-state index is 10.2. The lowest BCUT2D eigenvalue weighted by Gasteiger charge is -2.19. The number of rotatable bonds is 2. The summed E-state index contributed by atoms with van der Waals surface area (Å²) in [5.41, 5.74) is 4.56. The Kier molecular flexibility index (Phi) is 2.49. The van der Waals surface area contributed by atoms with Crippen LogP contribution in [0.5, 0.6) is 0 Å². The molecule has 0 heterocycles. The Morgan fingerprint density at radius 3 is 2.22 bits per heavy atom. The Morgan fingerprint density at radius 2 is 2.11 bits per heavy atom. The smallest absolute Gasteiger partial charge is 0.334 e. The fourth-order valence-corrected chi connectivity index (χ4v) is 0.377. The van der Waals surface area contributed by atoms with Crippen molar-refractivity contribution in [3.63, 3.8) is 0 Å². The van der Waals surface area contributed by atoms with Crippen molar-refractivity contribution in [1.29, 1.82) is 0 Å². The zero-order chi connectivity index (χ0) is 7.49. The lowest BCUT2D eigenvalue weighted by atomic mass is 10.0. The van der Waals surface area contributed by atoms with E-state index in [1.807, 2.05) is 20.8 Å². The summed E-state index contributed by atoms with van der Waals surface area (Å²) in [7, 11) is 0. The van der Waals surface area contributed by atoms with Gasteiger partial charge in [0.1, 0.15) is 0 Å². The first kappa shape index (κ1) is 8.27. The van der Waals surface area contributed by atoms with Gasteiger partial charge in [0.25, 0.3) is 0 Å². The number of hydrogen-bond donors (Lipinski definition) is 1. The molecule has 2 N–H and O–H groups in total. The summed E-state index contributed by atoms with van der Waals surface area (Å²) in [5, 5.41) is 3.67. The lowest BCUT2D eigenvalue weighted by molar-refractivity contribution is 0.235. The highest BCUT2D eigenvalue weighted by molar-refractivity contribution is 5.72. The van der Waals surface area contributed by atoms with E-state index in [0.717, 1.165) is 6.42 Å². The van der Waals surface area contributed by atoms with Gasteiger partial charge in [-0.25, -0.2) is 10.1 Å². The van der Waals surface area contributed by atoms with E-state index in [9.17, 15) is 4.79 Å². The zero-order valence-corrected chi connectivity index (χ0v) is 6.14. The van der Waals surface area contributed by atoms with Crippen LogP contribution in [0, 0.1) is 0 Å². The largest absolute Gasteiger partial charge is 0.350 e. The predicted molar refractivity (Wildman–Crippen MR) is 36.1 cm³/mol. The van der Waals surface area contributed by atoms with Gasteiger partial charge in [-0.05, 0) is 20.3 Å². The molecule has 0 aliphatic rings. The molecule has 0 fully saturated rings. The first-order valence-electron chi connectivity index (χ1n) is 3.00. The molecular formula is C6H13N2O. The van der Waals surface area contributed by atoms with E-state index in [0.29, 0.717) is 0 Å². The fraction of sp³-hybridized carbons (Fsp3) is 0.833. The summed E-state index contributed by atoms with van der Waals surface area (Å²) >= 11 is 0. The molecule has 0 atom stereocenters. The van der Waals surface area contributed by atoms with Crippen LogP contribution in [0.25, 0.3) is 0 Å². The van der Waals surface area contributed by atoms with Crippen LogP contribution in [-0.2, 0) is 0 Å². The van der Waals surface area contributed by atoms with Gasteiger partial charge in [0.05, 0.1) is 5.54 Å². The van der Waals surface area contributed by atoms with E-state index < -0.39 is 6.03 Å². The highest BCUT2D eigenvalue weighted by Gasteiger charge is 2.17. The Morgan fingerprint density at radius 1 is 1.67 bits per heavy atom. The van der Waals surface area contributed by atoms with Gasteiger partial charge >= 0.3 is 6.03 Å². The third kappa shape index (κ3) is 3.82. The average Bonchev–Trinajstić information content (AvgIpc) is 1.63. The summed E-state index contributed by atoms with van der Waals surface area (Å²) in [6.07, 6.45) is 0.829. The highest BCUT2D eigenvalue weighted by Crippen LogP contribution is 2.07. The van der Waals surface area contributed by atoms with E-state index >= 15 is 0 Å². The third-order valence-corrected chi connectivity index (χ3v) is 1.28. The summed E-state index contributed by atoms with van der Waals surface area (Å²) in [6, 6.07) is -0.582. The molecule has 0 bridgehead atoms. The minimum absolute atomic E-state index is 0.286. The lowest BCUT2D eigenvalue weighted by Crippen LogP contribution is -2.39. The maximum atomic E-state index is 10.2. The predicted octanol–water partition coefficient (Wildman–Crippen LogP) is 0.858. The van der Waals surface area contributed by atoms with Gasteiger partial charge in [0.15, 0.2) is 0 Å². The van der Waals surface area contributed by atoms with Gasteiger partial charge in [-0.15, -0.1) is 0 Å². The molecule has 0 aromatic rings.